The minimum absolute atomic E-state index is 0.101. The SMILES string of the molecule is CCOc1ccc(-c2cc(C(=O)Nc3cc(C(=O)OC)ccc3C(=O)OC)c3ccccc3n2)cc1. The number of carbonyl (C=O) groups excluding carboxylic acids is 3. The molecule has 0 unspecified atom stereocenters. The van der Waals surface area contributed by atoms with E-state index in [-0.39, 0.29) is 16.8 Å². The number of amides is 1. The van der Waals surface area contributed by atoms with Crippen molar-refractivity contribution in [1.29, 1.82) is 0 Å². The second kappa shape index (κ2) is 10.7. The zero-order valence-corrected chi connectivity index (χ0v) is 20.0. The lowest BCUT2D eigenvalue weighted by molar-refractivity contribution is 0.0587. The number of aromatic nitrogens is 1. The van der Waals surface area contributed by atoms with Crippen LogP contribution in [-0.2, 0) is 9.47 Å². The fraction of sp³-hybridized carbons (Fsp3) is 0.143. The zero-order valence-electron chi connectivity index (χ0n) is 20.0. The van der Waals surface area contributed by atoms with Crippen LogP contribution >= 0.6 is 0 Å². The van der Waals surface area contributed by atoms with Crippen molar-refractivity contribution in [2.24, 2.45) is 0 Å². The van der Waals surface area contributed by atoms with Crippen molar-refractivity contribution in [3.8, 4) is 17.0 Å². The molecular weight excluding hydrogens is 460 g/mol. The Morgan fingerprint density at radius 3 is 2.25 bits per heavy atom. The van der Waals surface area contributed by atoms with E-state index in [4.69, 9.17) is 19.2 Å². The number of pyridine rings is 1. The van der Waals surface area contributed by atoms with Crippen LogP contribution in [0.15, 0.2) is 72.8 Å². The van der Waals surface area contributed by atoms with Gasteiger partial charge in [0.2, 0.25) is 0 Å². The van der Waals surface area contributed by atoms with Crippen molar-refractivity contribution in [2.75, 3.05) is 26.1 Å². The molecule has 4 rings (SSSR count). The minimum atomic E-state index is -0.656. The Hall–Kier alpha value is -4.72. The second-order valence-corrected chi connectivity index (χ2v) is 7.73. The maximum Gasteiger partial charge on any atom is 0.339 e. The first-order valence-corrected chi connectivity index (χ1v) is 11.2. The Morgan fingerprint density at radius 1 is 0.833 bits per heavy atom. The van der Waals surface area contributed by atoms with Crippen molar-refractivity contribution < 1.29 is 28.6 Å². The predicted molar refractivity (Wildman–Crippen MR) is 135 cm³/mol. The van der Waals surface area contributed by atoms with Crippen LogP contribution < -0.4 is 10.1 Å². The molecule has 0 fully saturated rings. The third-order valence-corrected chi connectivity index (χ3v) is 5.52. The summed E-state index contributed by atoms with van der Waals surface area (Å²) in [5.41, 5.74) is 2.78. The molecule has 1 heterocycles. The molecule has 8 nitrogen and oxygen atoms in total. The molecule has 8 heteroatoms. The van der Waals surface area contributed by atoms with E-state index >= 15 is 0 Å². The molecule has 1 amide bonds. The highest BCUT2D eigenvalue weighted by atomic mass is 16.5. The zero-order chi connectivity index (χ0) is 25.7. The Labute approximate surface area is 207 Å². The maximum absolute atomic E-state index is 13.5. The Bertz CT molecular complexity index is 1450. The van der Waals surface area contributed by atoms with Gasteiger partial charge in [0.1, 0.15) is 5.75 Å². The number of ether oxygens (including phenoxy) is 3. The van der Waals surface area contributed by atoms with E-state index in [1.54, 1.807) is 12.1 Å². The van der Waals surface area contributed by atoms with Crippen LogP contribution in [0, 0.1) is 0 Å². The minimum Gasteiger partial charge on any atom is -0.494 e. The van der Waals surface area contributed by atoms with E-state index in [9.17, 15) is 14.4 Å². The van der Waals surface area contributed by atoms with Crippen LogP contribution in [0.2, 0.25) is 0 Å². The number of fused-ring (bicyclic) bond motifs is 1. The molecular formula is C28H24N2O6. The second-order valence-electron chi connectivity index (χ2n) is 7.73. The molecule has 4 aromatic rings. The third-order valence-electron chi connectivity index (χ3n) is 5.52. The maximum atomic E-state index is 13.5. The number of rotatable bonds is 7. The molecule has 0 aliphatic carbocycles. The summed E-state index contributed by atoms with van der Waals surface area (Å²) in [4.78, 5) is 42.6. The molecule has 0 atom stereocenters. The van der Waals surface area contributed by atoms with Gasteiger partial charge in [-0.25, -0.2) is 14.6 Å². The van der Waals surface area contributed by atoms with Crippen LogP contribution in [0.1, 0.15) is 38.0 Å². The highest BCUT2D eigenvalue weighted by Gasteiger charge is 2.20. The fourth-order valence-corrected chi connectivity index (χ4v) is 3.77. The summed E-state index contributed by atoms with van der Waals surface area (Å²) in [5.74, 6) is -1.00. The lowest BCUT2D eigenvalue weighted by atomic mass is 10.0. The summed E-state index contributed by atoms with van der Waals surface area (Å²) in [6.45, 7) is 2.47. The van der Waals surface area contributed by atoms with E-state index in [1.807, 2.05) is 49.4 Å². The first-order valence-electron chi connectivity index (χ1n) is 11.2. The molecule has 36 heavy (non-hydrogen) atoms. The third kappa shape index (κ3) is 5.02. The molecule has 3 aromatic carbocycles. The van der Waals surface area contributed by atoms with Crippen LogP contribution in [0.5, 0.6) is 5.75 Å². The van der Waals surface area contributed by atoms with Crippen LogP contribution in [0.25, 0.3) is 22.2 Å². The van der Waals surface area contributed by atoms with Crippen molar-refractivity contribution in [3.05, 3.63) is 89.5 Å². The highest BCUT2D eigenvalue weighted by molar-refractivity contribution is 6.15. The smallest absolute Gasteiger partial charge is 0.339 e. The van der Waals surface area contributed by atoms with E-state index in [0.29, 0.717) is 28.8 Å². The molecule has 1 aromatic heterocycles. The number of anilines is 1. The summed E-state index contributed by atoms with van der Waals surface area (Å²) in [5, 5.41) is 3.40. The van der Waals surface area contributed by atoms with Gasteiger partial charge in [0.15, 0.2) is 0 Å². The Balaban J connectivity index is 1.78. The van der Waals surface area contributed by atoms with Crippen molar-refractivity contribution >= 4 is 34.4 Å². The van der Waals surface area contributed by atoms with Gasteiger partial charge in [-0.05, 0) is 61.5 Å². The van der Waals surface area contributed by atoms with Crippen LogP contribution in [0.4, 0.5) is 5.69 Å². The van der Waals surface area contributed by atoms with E-state index in [2.05, 4.69) is 5.32 Å². The largest absolute Gasteiger partial charge is 0.494 e. The van der Waals surface area contributed by atoms with E-state index in [0.717, 1.165) is 11.3 Å². The molecule has 0 spiro atoms. The first kappa shape index (κ1) is 24.4. The van der Waals surface area contributed by atoms with Gasteiger partial charge in [0, 0.05) is 10.9 Å². The summed E-state index contributed by atoms with van der Waals surface area (Å²) in [6, 6.07) is 20.6. The quantitative estimate of drug-likeness (QED) is 0.363. The van der Waals surface area contributed by atoms with Gasteiger partial charge in [-0.2, -0.15) is 0 Å². The number of methoxy groups -OCH3 is 2. The van der Waals surface area contributed by atoms with Gasteiger partial charge in [-0.3, -0.25) is 4.79 Å². The lowest BCUT2D eigenvalue weighted by Crippen LogP contribution is -2.17. The van der Waals surface area contributed by atoms with Crippen LogP contribution in [-0.4, -0.2) is 43.7 Å². The molecule has 0 radical (unpaired) electrons. The summed E-state index contributed by atoms with van der Waals surface area (Å²) in [6.07, 6.45) is 0. The predicted octanol–water partition coefficient (Wildman–Crippen LogP) is 5.13. The van der Waals surface area contributed by atoms with Gasteiger partial charge < -0.3 is 19.5 Å². The topological polar surface area (TPSA) is 104 Å². The summed E-state index contributed by atoms with van der Waals surface area (Å²) < 4.78 is 15.1. The van der Waals surface area contributed by atoms with Gasteiger partial charge in [0.25, 0.3) is 5.91 Å². The molecule has 0 saturated heterocycles. The lowest BCUT2D eigenvalue weighted by Gasteiger charge is -2.14. The molecule has 0 aliphatic heterocycles. The monoisotopic (exact) mass is 484 g/mol. The first-order chi connectivity index (χ1) is 17.4. The molecule has 1 N–H and O–H groups in total. The van der Waals surface area contributed by atoms with Crippen LogP contribution in [0.3, 0.4) is 0 Å². The van der Waals surface area contributed by atoms with Gasteiger partial charge in [0.05, 0.1) is 54.4 Å². The number of benzene rings is 3. The summed E-state index contributed by atoms with van der Waals surface area (Å²) in [7, 11) is 2.49. The summed E-state index contributed by atoms with van der Waals surface area (Å²) >= 11 is 0. The standard InChI is InChI=1S/C28H24N2O6/c1-4-36-19-12-9-17(10-13-19)24-16-22(20-7-5-6-8-23(20)29-24)26(31)30-25-15-18(27(32)34-2)11-14-21(25)28(33)35-3/h5-16H,4H2,1-3H3,(H,30,31). The Kier molecular flexibility index (Phi) is 7.25. The molecule has 0 bridgehead atoms. The molecule has 182 valence electrons. The number of hydrogen-bond donors (Lipinski definition) is 1. The van der Waals surface area contributed by atoms with Crippen molar-refractivity contribution in [2.45, 2.75) is 6.92 Å². The Morgan fingerprint density at radius 2 is 1.56 bits per heavy atom. The number of nitrogens with one attached hydrogen (secondary N) is 1. The van der Waals surface area contributed by atoms with Crippen molar-refractivity contribution in [1.82, 2.24) is 4.98 Å². The van der Waals surface area contributed by atoms with E-state index < -0.39 is 17.8 Å². The normalized spacial score (nSPS) is 10.5. The van der Waals surface area contributed by atoms with Gasteiger partial charge >= 0.3 is 11.9 Å². The molecule has 0 aliphatic rings. The number of esters is 2. The highest BCUT2D eigenvalue weighted by Crippen LogP contribution is 2.28. The van der Waals surface area contributed by atoms with Crippen molar-refractivity contribution in [3.63, 3.8) is 0 Å². The number of hydrogen-bond acceptors (Lipinski definition) is 7. The van der Waals surface area contributed by atoms with E-state index in [1.165, 1.54) is 32.4 Å². The number of carbonyl (C=O) groups is 3. The average Bonchev–Trinajstić information content (AvgIpc) is 2.92. The number of nitrogens with zero attached hydrogens (tertiary/aromatic N) is 1. The van der Waals surface area contributed by atoms with Gasteiger partial charge in [-0.15, -0.1) is 0 Å². The molecule has 0 saturated carbocycles. The van der Waals surface area contributed by atoms with Gasteiger partial charge in [-0.1, -0.05) is 18.2 Å². The fourth-order valence-electron chi connectivity index (χ4n) is 3.77. The average molecular weight is 485 g/mol. The number of para-hydroxylation sites is 1.